The second kappa shape index (κ2) is 11.0. The molecule has 0 atom stereocenters. The Labute approximate surface area is 210 Å². The van der Waals surface area contributed by atoms with Crippen LogP contribution in [-0.2, 0) is 4.79 Å². The van der Waals surface area contributed by atoms with Crippen molar-refractivity contribution >= 4 is 51.1 Å². The number of halogens is 1. The molecule has 0 aliphatic heterocycles. The summed E-state index contributed by atoms with van der Waals surface area (Å²) in [5.41, 5.74) is 4.13. The van der Waals surface area contributed by atoms with Crippen LogP contribution >= 0.6 is 22.9 Å². The van der Waals surface area contributed by atoms with Crippen molar-refractivity contribution in [2.24, 2.45) is 5.10 Å². The number of carbonyl (C=O) groups is 2. The summed E-state index contributed by atoms with van der Waals surface area (Å²) in [6.45, 7) is 1.80. The van der Waals surface area contributed by atoms with Gasteiger partial charge in [-0.25, -0.2) is 10.2 Å². The van der Waals surface area contributed by atoms with Crippen LogP contribution < -0.4 is 19.6 Å². The van der Waals surface area contributed by atoms with Crippen LogP contribution in [0.2, 0.25) is 5.02 Å². The molecule has 35 heavy (non-hydrogen) atoms. The highest BCUT2D eigenvalue weighted by Gasteiger charge is 2.20. The quantitative estimate of drug-likeness (QED) is 0.144. The summed E-state index contributed by atoms with van der Waals surface area (Å²) in [6.07, 6.45) is 1.45. The zero-order chi connectivity index (χ0) is 24.8. The normalized spacial score (nSPS) is 10.9. The number of rotatable bonds is 8. The van der Waals surface area contributed by atoms with E-state index in [-0.39, 0.29) is 12.4 Å². The largest absolute Gasteiger partial charge is 0.493 e. The van der Waals surface area contributed by atoms with Crippen LogP contribution in [0, 0.1) is 6.92 Å². The van der Waals surface area contributed by atoms with Gasteiger partial charge >= 0.3 is 5.97 Å². The highest BCUT2D eigenvalue weighted by molar-refractivity contribution is 7.21. The van der Waals surface area contributed by atoms with Crippen molar-refractivity contribution in [2.45, 2.75) is 6.92 Å². The van der Waals surface area contributed by atoms with Crippen molar-refractivity contribution in [3.8, 4) is 17.2 Å². The number of hydrogen-bond acceptors (Lipinski definition) is 7. The summed E-state index contributed by atoms with van der Waals surface area (Å²) in [5.74, 6) is 0.185. The molecule has 0 fully saturated rings. The summed E-state index contributed by atoms with van der Waals surface area (Å²) in [5, 5.41) is 5.10. The minimum Gasteiger partial charge on any atom is -0.493 e. The number of ether oxygens (including phenoxy) is 3. The highest BCUT2D eigenvalue weighted by atomic mass is 35.5. The molecule has 1 heterocycles. The predicted molar refractivity (Wildman–Crippen MR) is 137 cm³/mol. The number of carbonyl (C=O) groups excluding carboxylic acids is 2. The monoisotopic (exact) mass is 508 g/mol. The SMILES string of the molecule is COc1cc(/C=N/NC(=O)COc2ccc(C)cc2)ccc1OC(=O)c1sc2ccccc2c1Cl. The molecule has 0 bridgehead atoms. The van der Waals surface area contributed by atoms with Crippen LogP contribution in [0.25, 0.3) is 10.1 Å². The number of nitrogens with one attached hydrogen (secondary N) is 1. The van der Waals surface area contributed by atoms with Crippen LogP contribution in [0.3, 0.4) is 0 Å². The number of esters is 1. The molecule has 0 unspecified atom stereocenters. The van der Waals surface area contributed by atoms with Gasteiger partial charge in [-0.3, -0.25) is 4.79 Å². The Morgan fingerprint density at radius 1 is 1.06 bits per heavy atom. The van der Waals surface area contributed by atoms with E-state index in [2.05, 4.69) is 10.5 Å². The average Bonchev–Trinajstić information content (AvgIpc) is 3.21. The molecular weight excluding hydrogens is 488 g/mol. The topological polar surface area (TPSA) is 86.2 Å². The van der Waals surface area contributed by atoms with Crippen LogP contribution in [0.1, 0.15) is 20.8 Å². The van der Waals surface area contributed by atoms with Gasteiger partial charge in [-0.15, -0.1) is 11.3 Å². The number of benzene rings is 3. The van der Waals surface area contributed by atoms with Crippen molar-refractivity contribution in [2.75, 3.05) is 13.7 Å². The molecule has 4 rings (SSSR count). The maximum absolute atomic E-state index is 12.7. The van der Waals surface area contributed by atoms with E-state index in [1.165, 1.54) is 24.7 Å². The van der Waals surface area contributed by atoms with Gasteiger partial charge in [-0.05, 0) is 48.9 Å². The van der Waals surface area contributed by atoms with Gasteiger partial charge in [0.15, 0.2) is 18.1 Å². The van der Waals surface area contributed by atoms with Crippen molar-refractivity contribution in [1.29, 1.82) is 0 Å². The average molecular weight is 509 g/mol. The van der Waals surface area contributed by atoms with Gasteiger partial charge in [0.2, 0.25) is 0 Å². The molecule has 0 aliphatic rings. The van der Waals surface area contributed by atoms with E-state index >= 15 is 0 Å². The Morgan fingerprint density at radius 3 is 2.57 bits per heavy atom. The number of hydrogen-bond donors (Lipinski definition) is 1. The fourth-order valence-corrected chi connectivity index (χ4v) is 4.52. The van der Waals surface area contributed by atoms with Gasteiger partial charge in [-0.2, -0.15) is 5.10 Å². The summed E-state index contributed by atoms with van der Waals surface area (Å²) in [6, 6.07) is 19.8. The number of fused-ring (bicyclic) bond motifs is 1. The van der Waals surface area contributed by atoms with Gasteiger partial charge in [0, 0.05) is 10.1 Å². The first kappa shape index (κ1) is 24.3. The van der Waals surface area contributed by atoms with Crippen molar-refractivity contribution in [1.82, 2.24) is 5.43 Å². The Bertz CT molecular complexity index is 1400. The van der Waals surface area contributed by atoms with Crippen molar-refractivity contribution in [3.63, 3.8) is 0 Å². The molecule has 4 aromatic rings. The molecule has 0 saturated heterocycles. The third-order valence-electron chi connectivity index (χ3n) is 4.90. The molecule has 7 nitrogen and oxygen atoms in total. The summed E-state index contributed by atoms with van der Waals surface area (Å²) in [4.78, 5) is 25.0. The minimum absolute atomic E-state index is 0.168. The Balaban J connectivity index is 1.37. The van der Waals surface area contributed by atoms with Gasteiger partial charge in [-0.1, -0.05) is 47.5 Å². The third kappa shape index (κ3) is 5.98. The van der Waals surface area contributed by atoms with E-state index in [9.17, 15) is 9.59 Å². The molecular formula is C26H21ClN2O5S. The molecule has 1 amide bonds. The molecule has 1 aromatic heterocycles. The lowest BCUT2D eigenvalue weighted by Gasteiger charge is -2.09. The molecule has 0 aliphatic carbocycles. The van der Waals surface area contributed by atoms with E-state index in [1.54, 1.807) is 30.3 Å². The molecule has 1 N–H and O–H groups in total. The Hall–Kier alpha value is -3.88. The number of aryl methyl sites for hydroxylation is 1. The van der Waals surface area contributed by atoms with Crippen LogP contribution in [0.5, 0.6) is 17.2 Å². The molecule has 0 radical (unpaired) electrons. The first-order valence-corrected chi connectivity index (χ1v) is 11.7. The lowest BCUT2D eigenvalue weighted by atomic mass is 10.2. The Kier molecular flexibility index (Phi) is 7.64. The van der Waals surface area contributed by atoms with Crippen molar-refractivity contribution < 1.29 is 23.8 Å². The summed E-state index contributed by atoms with van der Waals surface area (Å²) < 4.78 is 17.2. The van der Waals surface area contributed by atoms with Gasteiger partial charge in [0.25, 0.3) is 5.91 Å². The van der Waals surface area contributed by atoms with E-state index in [1.807, 2.05) is 43.3 Å². The smallest absolute Gasteiger partial charge is 0.355 e. The molecule has 9 heteroatoms. The fourth-order valence-electron chi connectivity index (χ4n) is 3.13. The van der Waals surface area contributed by atoms with E-state index in [0.717, 1.165) is 15.6 Å². The number of amides is 1. The number of nitrogens with zero attached hydrogens (tertiary/aromatic N) is 1. The summed E-state index contributed by atoms with van der Waals surface area (Å²) in [7, 11) is 1.46. The zero-order valence-corrected chi connectivity index (χ0v) is 20.5. The maximum Gasteiger partial charge on any atom is 0.355 e. The molecule has 0 spiro atoms. The second-order valence-electron chi connectivity index (χ2n) is 7.44. The summed E-state index contributed by atoms with van der Waals surface area (Å²) >= 11 is 7.65. The van der Waals surface area contributed by atoms with Gasteiger partial charge in [0.1, 0.15) is 10.6 Å². The number of thiophene rings is 1. The Morgan fingerprint density at radius 2 is 1.83 bits per heavy atom. The molecule has 0 saturated carbocycles. The van der Waals surface area contributed by atoms with Crippen molar-refractivity contribution in [3.05, 3.63) is 87.8 Å². The maximum atomic E-state index is 12.7. The van der Waals surface area contributed by atoms with E-state index in [4.69, 9.17) is 25.8 Å². The highest BCUT2D eigenvalue weighted by Crippen LogP contribution is 2.37. The molecule has 178 valence electrons. The lowest BCUT2D eigenvalue weighted by Crippen LogP contribution is -2.24. The first-order valence-electron chi connectivity index (χ1n) is 10.5. The van der Waals surface area contributed by atoms with E-state index in [0.29, 0.717) is 27.0 Å². The van der Waals surface area contributed by atoms with E-state index < -0.39 is 11.9 Å². The number of methoxy groups -OCH3 is 1. The third-order valence-corrected chi connectivity index (χ3v) is 6.56. The zero-order valence-electron chi connectivity index (χ0n) is 18.9. The standard InChI is InChI=1S/C26H21ClN2O5S/c1-16-7-10-18(11-8-16)33-15-23(30)29-28-14-17-9-12-20(21(13-17)32-2)34-26(31)25-24(27)19-5-3-4-6-22(19)35-25/h3-14H,15H2,1-2H3,(H,29,30)/b28-14+. The predicted octanol–water partition coefficient (Wildman–Crippen LogP) is 5.62. The first-order chi connectivity index (χ1) is 16.9. The minimum atomic E-state index is -0.572. The lowest BCUT2D eigenvalue weighted by molar-refractivity contribution is -0.123. The van der Waals surface area contributed by atoms with Crippen LogP contribution in [0.4, 0.5) is 0 Å². The van der Waals surface area contributed by atoms with Gasteiger partial charge < -0.3 is 14.2 Å². The number of hydrazone groups is 1. The van der Waals surface area contributed by atoms with Crippen LogP contribution in [-0.4, -0.2) is 31.8 Å². The van der Waals surface area contributed by atoms with Crippen LogP contribution in [0.15, 0.2) is 71.8 Å². The van der Waals surface area contributed by atoms with Gasteiger partial charge in [0.05, 0.1) is 18.3 Å². The second-order valence-corrected chi connectivity index (χ2v) is 8.87. The molecule has 3 aromatic carbocycles. The fraction of sp³-hybridized carbons (Fsp3) is 0.115.